The SMILES string of the molecule is Cc1ccccc1-c1ccccc1-n1c2ccccc2c2cc(-n3c4ccccc4c4ccccc43)ccc21. The van der Waals surface area contributed by atoms with Gasteiger partial charge in [0.15, 0.2) is 0 Å². The van der Waals surface area contributed by atoms with Crippen molar-refractivity contribution in [2.45, 2.75) is 6.92 Å². The number of aryl methyl sites for hydroxylation is 1. The van der Waals surface area contributed by atoms with Crippen molar-refractivity contribution in [1.82, 2.24) is 9.13 Å². The Kier molecular flexibility index (Phi) is 4.77. The quantitative estimate of drug-likeness (QED) is 0.229. The molecule has 6 aromatic carbocycles. The van der Waals surface area contributed by atoms with Gasteiger partial charge in [0.05, 0.1) is 27.8 Å². The summed E-state index contributed by atoms with van der Waals surface area (Å²) in [4.78, 5) is 0. The van der Waals surface area contributed by atoms with E-state index in [9.17, 15) is 0 Å². The highest BCUT2D eigenvalue weighted by Crippen LogP contribution is 2.39. The molecule has 2 nitrogen and oxygen atoms in total. The third kappa shape index (κ3) is 3.22. The number of nitrogens with zero attached hydrogens (tertiary/aromatic N) is 2. The predicted molar refractivity (Wildman–Crippen MR) is 165 cm³/mol. The Labute approximate surface area is 227 Å². The number of benzene rings is 6. The van der Waals surface area contributed by atoms with Gasteiger partial charge in [0.1, 0.15) is 0 Å². The monoisotopic (exact) mass is 498 g/mol. The molecule has 39 heavy (non-hydrogen) atoms. The number of rotatable bonds is 3. The molecular weight excluding hydrogens is 472 g/mol. The summed E-state index contributed by atoms with van der Waals surface area (Å²) in [5, 5.41) is 5.07. The number of hydrogen-bond acceptors (Lipinski definition) is 0. The second kappa shape index (κ2) is 8.47. The molecule has 0 radical (unpaired) electrons. The average molecular weight is 499 g/mol. The van der Waals surface area contributed by atoms with Gasteiger partial charge < -0.3 is 9.13 Å². The molecule has 0 aliphatic rings. The van der Waals surface area contributed by atoms with Crippen molar-refractivity contribution in [3.05, 3.63) is 145 Å². The molecule has 0 aliphatic heterocycles. The number of para-hydroxylation sites is 4. The zero-order valence-corrected chi connectivity index (χ0v) is 21.7. The van der Waals surface area contributed by atoms with Crippen LogP contribution in [0.25, 0.3) is 66.1 Å². The maximum Gasteiger partial charge on any atom is 0.0542 e. The van der Waals surface area contributed by atoms with Crippen LogP contribution in [0, 0.1) is 6.92 Å². The first-order valence-electron chi connectivity index (χ1n) is 13.5. The van der Waals surface area contributed by atoms with E-state index < -0.39 is 0 Å². The first-order valence-corrected chi connectivity index (χ1v) is 13.5. The van der Waals surface area contributed by atoms with E-state index in [1.807, 2.05) is 0 Å². The van der Waals surface area contributed by atoms with Crippen molar-refractivity contribution in [1.29, 1.82) is 0 Å². The van der Waals surface area contributed by atoms with Crippen LogP contribution in [0.3, 0.4) is 0 Å². The van der Waals surface area contributed by atoms with Gasteiger partial charge in [-0.25, -0.2) is 0 Å². The number of aromatic nitrogens is 2. The van der Waals surface area contributed by atoms with E-state index >= 15 is 0 Å². The molecule has 0 fully saturated rings. The van der Waals surface area contributed by atoms with Gasteiger partial charge in [-0.2, -0.15) is 0 Å². The lowest BCUT2D eigenvalue weighted by atomic mass is 9.99. The minimum Gasteiger partial charge on any atom is -0.309 e. The highest BCUT2D eigenvalue weighted by Gasteiger charge is 2.18. The van der Waals surface area contributed by atoms with Crippen LogP contribution in [0.1, 0.15) is 5.56 Å². The lowest BCUT2D eigenvalue weighted by Gasteiger charge is -2.15. The summed E-state index contributed by atoms with van der Waals surface area (Å²) in [5.41, 5.74) is 11.0. The standard InChI is InChI=1S/C37H26N2/c1-25-12-2-3-13-27(25)28-14-4-10-20-35(28)39-36-21-11-7-17-31(36)32-24-26(22-23-37(32)39)38-33-18-8-5-15-29(33)30-16-6-9-19-34(30)38/h2-24H,1H3. The first-order chi connectivity index (χ1) is 19.3. The van der Waals surface area contributed by atoms with Gasteiger partial charge in [0, 0.05) is 32.8 Å². The fourth-order valence-electron chi connectivity index (χ4n) is 6.33. The van der Waals surface area contributed by atoms with E-state index in [0.717, 1.165) is 0 Å². The van der Waals surface area contributed by atoms with Crippen molar-refractivity contribution in [2.75, 3.05) is 0 Å². The van der Waals surface area contributed by atoms with Crippen molar-refractivity contribution >= 4 is 43.6 Å². The van der Waals surface area contributed by atoms with Crippen LogP contribution in [-0.4, -0.2) is 9.13 Å². The molecule has 0 atom stereocenters. The number of hydrogen-bond donors (Lipinski definition) is 0. The van der Waals surface area contributed by atoms with E-state index in [2.05, 4.69) is 156 Å². The van der Waals surface area contributed by atoms with Gasteiger partial charge >= 0.3 is 0 Å². The topological polar surface area (TPSA) is 9.86 Å². The summed E-state index contributed by atoms with van der Waals surface area (Å²) in [6, 6.07) is 50.5. The minimum absolute atomic E-state index is 1.18. The summed E-state index contributed by atoms with van der Waals surface area (Å²) in [7, 11) is 0. The summed E-state index contributed by atoms with van der Waals surface area (Å²) >= 11 is 0. The van der Waals surface area contributed by atoms with Crippen LogP contribution >= 0.6 is 0 Å². The Balaban J connectivity index is 1.44. The Hall–Kier alpha value is -5.08. The summed E-state index contributed by atoms with van der Waals surface area (Å²) in [6.45, 7) is 2.19. The Bertz CT molecular complexity index is 2140. The Morgan fingerprint density at radius 2 is 0.872 bits per heavy atom. The maximum atomic E-state index is 2.43. The van der Waals surface area contributed by atoms with Crippen LogP contribution in [0.4, 0.5) is 0 Å². The largest absolute Gasteiger partial charge is 0.309 e. The van der Waals surface area contributed by atoms with Gasteiger partial charge in [-0.05, 0) is 60.5 Å². The van der Waals surface area contributed by atoms with Gasteiger partial charge in [-0.1, -0.05) is 97.1 Å². The van der Waals surface area contributed by atoms with Crippen molar-refractivity contribution in [2.24, 2.45) is 0 Å². The maximum absolute atomic E-state index is 2.43. The molecule has 0 amide bonds. The summed E-state index contributed by atoms with van der Waals surface area (Å²) in [5.74, 6) is 0. The highest BCUT2D eigenvalue weighted by atomic mass is 15.0. The second-order valence-electron chi connectivity index (χ2n) is 10.3. The molecule has 0 spiro atoms. The van der Waals surface area contributed by atoms with Crippen LogP contribution in [0.15, 0.2) is 140 Å². The van der Waals surface area contributed by atoms with E-state index in [1.165, 1.54) is 71.7 Å². The molecule has 0 saturated carbocycles. The van der Waals surface area contributed by atoms with E-state index in [4.69, 9.17) is 0 Å². The zero-order valence-electron chi connectivity index (χ0n) is 21.7. The predicted octanol–water partition coefficient (Wildman–Crippen LogP) is 9.86. The van der Waals surface area contributed by atoms with Crippen molar-refractivity contribution < 1.29 is 0 Å². The molecule has 8 aromatic rings. The lowest BCUT2D eigenvalue weighted by Crippen LogP contribution is -1.98. The smallest absolute Gasteiger partial charge is 0.0542 e. The van der Waals surface area contributed by atoms with Crippen LogP contribution < -0.4 is 0 Å². The Morgan fingerprint density at radius 1 is 0.385 bits per heavy atom. The fraction of sp³-hybridized carbons (Fsp3) is 0.0270. The molecular formula is C37H26N2. The van der Waals surface area contributed by atoms with Gasteiger partial charge in [-0.15, -0.1) is 0 Å². The van der Waals surface area contributed by atoms with Crippen molar-refractivity contribution in [3.63, 3.8) is 0 Å². The molecule has 2 heterocycles. The molecule has 0 unspecified atom stereocenters. The normalized spacial score (nSPS) is 11.7. The first kappa shape index (κ1) is 22.0. The van der Waals surface area contributed by atoms with Gasteiger partial charge in [-0.3, -0.25) is 0 Å². The molecule has 0 aliphatic carbocycles. The zero-order chi connectivity index (χ0) is 25.9. The molecule has 2 heteroatoms. The third-order valence-corrected chi connectivity index (χ3v) is 8.07. The molecule has 0 saturated heterocycles. The second-order valence-corrected chi connectivity index (χ2v) is 10.3. The van der Waals surface area contributed by atoms with E-state index in [0.29, 0.717) is 0 Å². The van der Waals surface area contributed by atoms with Crippen LogP contribution in [0.2, 0.25) is 0 Å². The molecule has 0 N–H and O–H groups in total. The van der Waals surface area contributed by atoms with Crippen LogP contribution in [-0.2, 0) is 0 Å². The summed E-state index contributed by atoms with van der Waals surface area (Å²) in [6.07, 6.45) is 0. The molecule has 8 rings (SSSR count). The fourth-order valence-corrected chi connectivity index (χ4v) is 6.33. The molecule has 0 bridgehead atoms. The molecule has 2 aromatic heterocycles. The van der Waals surface area contributed by atoms with E-state index in [1.54, 1.807) is 0 Å². The van der Waals surface area contributed by atoms with Crippen molar-refractivity contribution in [3.8, 4) is 22.5 Å². The minimum atomic E-state index is 1.18. The van der Waals surface area contributed by atoms with E-state index in [-0.39, 0.29) is 0 Å². The van der Waals surface area contributed by atoms with Crippen LogP contribution in [0.5, 0.6) is 0 Å². The van der Waals surface area contributed by atoms with Gasteiger partial charge in [0.25, 0.3) is 0 Å². The lowest BCUT2D eigenvalue weighted by molar-refractivity contribution is 1.16. The highest BCUT2D eigenvalue weighted by molar-refractivity contribution is 6.12. The Morgan fingerprint density at radius 3 is 1.54 bits per heavy atom. The molecule has 184 valence electrons. The van der Waals surface area contributed by atoms with Gasteiger partial charge in [0.2, 0.25) is 0 Å². The third-order valence-electron chi connectivity index (χ3n) is 8.07. The number of fused-ring (bicyclic) bond motifs is 6. The average Bonchev–Trinajstić information content (AvgIpc) is 3.50. The summed E-state index contributed by atoms with van der Waals surface area (Å²) < 4.78 is 4.83.